The first-order chi connectivity index (χ1) is 13.0. The molecule has 8 nitrogen and oxygen atoms in total. The quantitative estimate of drug-likeness (QED) is 0.630. The Hall–Kier alpha value is -3.07. The predicted octanol–water partition coefficient (Wildman–Crippen LogP) is 2.84. The van der Waals surface area contributed by atoms with Crippen molar-refractivity contribution in [3.8, 4) is 17.3 Å². The second kappa shape index (κ2) is 8.09. The van der Waals surface area contributed by atoms with E-state index in [1.54, 1.807) is 18.4 Å². The van der Waals surface area contributed by atoms with Crippen LogP contribution in [-0.4, -0.2) is 32.0 Å². The predicted molar refractivity (Wildman–Crippen MR) is 101 cm³/mol. The molecule has 0 spiro atoms. The molecular formula is C18H19N5O3S. The number of urea groups is 1. The zero-order valence-corrected chi connectivity index (χ0v) is 15.6. The summed E-state index contributed by atoms with van der Waals surface area (Å²) in [5.41, 5.74) is 5.92. The Morgan fingerprint density at radius 2 is 1.89 bits per heavy atom. The molecule has 0 aliphatic heterocycles. The molecular weight excluding hydrogens is 366 g/mol. The largest absolute Gasteiger partial charge is 0.461 e. The summed E-state index contributed by atoms with van der Waals surface area (Å²) in [5, 5.41) is 10.6. The molecule has 0 unspecified atom stereocenters. The van der Waals surface area contributed by atoms with E-state index in [4.69, 9.17) is 10.2 Å². The number of thioether (sulfide) groups is 1. The number of hydrogen-bond acceptors (Lipinski definition) is 6. The standard InChI is InChI=1S/C18H19N5O3S/c1-11(2)14(16(24)20-17(19)25)27-18-22-21-15(13-9-6-10-26-13)23(18)12-7-4-3-5-8-12/h3-11,14H,1-2H3,(H3,19,20,24,25)/t14-/m0/s1. The van der Waals surface area contributed by atoms with Crippen molar-refractivity contribution in [3.05, 3.63) is 48.7 Å². The third kappa shape index (κ3) is 4.20. The van der Waals surface area contributed by atoms with E-state index in [2.05, 4.69) is 15.5 Å². The Bertz CT molecular complexity index is 922. The van der Waals surface area contributed by atoms with Gasteiger partial charge in [0.1, 0.15) is 0 Å². The molecule has 0 bridgehead atoms. The van der Waals surface area contributed by atoms with Gasteiger partial charge < -0.3 is 10.2 Å². The number of furan rings is 1. The minimum Gasteiger partial charge on any atom is -0.461 e. The first-order valence-corrected chi connectivity index (χ1v) is 9.17. The average Bonchev–Trinajstić information content (AvgIpc) is 3.28. The lowest BCUT2D eigenvalue weighted by atomic mass is 10.1. The van der Waals surface area contributed by atoms with Crippen molar-refractivity contribution in [3.63, 3.8) is 0 Å². The molecule has 2 aromatic heterocycles. The molecule has 9 heteroatoms. The van der Waals surface area contributed by atoms with E-state index >= 15 is 0 Å². The van der Waals surface area contributed by atoms with Gasteiger partial charge in [0.25, 0.3) is 0 Å². The van der Waals surface area contributed by atoms with Crippen molar-refractivity contribution in [1.29, 1.82) is 0 Å². The fourth-order valence-electron chi connectivity index (χ4n) is 2.52. The first-order valence-electron chi connectivity index (χ1n) is 8.29. The molecule has 0 saturated carbocycles. The summed E-state index contributed by atoms with van der Waals surface area (Å²) in [6.45, 7) is 3.77. The van der Waals surface area contributed by atoms with Crippen molar-refractivity contribution in [2.75, 3.05) is 0 Å². The summed E-state index contributed by atoms with van der Waals surface area (Å²) >= 11 is 1.21. The third-order valence-corrected chi connectivity index (χ3v) is 5.22. The van der Waals surface area contributed by atoms with E-state index in [9.17, 15) is 9.59 Å². The fourth-order valence-corrected chi connectivity index (χ4v) is 3.57. The smallest absolute Gasteiger partial charge is 0.318 e. The van der Waals surface area contributed by atoms with Crippen LogP contribution in [0.1, 0.15) is 13.8 Å². The van der Waals surface area contributed by atoms with Crippen LogP contribution in [0, 0.1) is 5.92 Å². The lowest BCUT2D eigenvalue weighted by Gasteiger charge is -2.19. The maximum absolute atomic E-state index is 12.4. The monoisotopic (exact) mass is 385 g/mol. The lowest BCUT2D eigenvalue weighted by Crippen LogP contribution is -2.42. The van der Waals surface area contributed by atoms with Gasteiger partial charge in [-0.2, -0.15) is 0 Å². The Kier molecular flexibility index (Phi) is 5.60. The van der Waals surface area contributed by atoms with E-state index in [0.29, 0.717) is 16.7 Å². The van der Waals surface area contributed by atoms with Gasteiger partial charge in [0.2, 0.25) is 11.7 Å². The minimum absolute atomic E-state index is 0.0673. The number of carbonyl (C=O) groups excluding carboxylic acids is 2. The van der Waals surface area contributed by atoms with Gasteiger partial charge in [0, 0.05) is 5.69 Å². The molecule has 0 fully saturated rings. The zero-order chi connectivity index (χ0) is 19.4. The van der Waals surface area contributed by atoms with Crippen LogP contribution in [0.2, 0.25) is 0 Å². The lowest BCUT2D eigenvalue weighted by molar-refractivity contribution is -0.120. The molecule has 0 aliphatic rings. The number of benzene rings is 1. The Balaban J connectivity index is 2.02. The highest BCUT2D eigenvalue weighted by Crippen LogP contribution is 2.32. The van der Waals surface area contributed by atoms with Gasteiger partial charge in [-0.25, -0.2) is 4.79 Å². The topological polar surface area (TPSA) is 116 Å². The number of nitrogens with two attached hydrogens (primary N) is 1. The number of amides is 3. The van der Waals surface area contributed by atoms with Crippen LogP contribution in [0.25, 0.3) is 17.3 Å². The van der Waals surface area contributed by atoms with Crippen LogP contribution < -0.4 is 11.1 Å². The van der Waals surface area contributed by atoms with Gasteiger partial charge in [-0.3, -0.25) is 14.7 Å². The van der Waals surface area contributed by atoms with Crippen molar-refractivity contribution in [2.45, 2.75) is 24.3 Å². The number of hydrogen-bond donors (Lipinski definition) is 2. The Labute approximate surface area is 160 Å². The number of nitrogens with one attached hydrogen (secondary N) is 1. The number of carbonyl (C=O) groups is 2. The molecule has 0 aliphatic carbocycles. The van der Waals surface area contributed by atoms with E-state index in [1.807, 2.05) is 48.7 Å². The average molecular weight is 385 g/mol. The Morgan fingerprint density at radius 1 is 1.15 bits per heavy atom. The van der Waals surface area contributed by atoms with Gasteiger partial charge in [0.15, 0.2) is 10.9 Å². The molecule has 3 N–H and O–H groups in total. The molecule has 0 radical (unpaired) electrons. The third-order valence-electron chi connectivity index (χ3n) is 3.73. The van der Waals surface area contributed by atoms with Gasteiger partial charge in [-0.05, 0) is 30.2 Å². The number of rotatable bonds is 6. The zero-order valence-electron chi connectivity index (χ0n) is 14.8. The molecule has 1 atom stereocenters. The highest BCUT2D eigenvalue weighted by atomic mass is 32.2. The summed E-state index contributed by atoms with van der Waals surface area (Å²) in [5.74, 6) is 0.541. The maximum Gasteiger partial charge on any atom is 0.318 e. The molecule has 2 heterocycles. The van der Waals surface area contributed by atoms with Gasteiger partial charge >= 0.3 is 6.03 Å². The number of primary amides is 1. The van der Waals surface area contributed by atoms with Crippen molar-refractivity contribution in [1.82, 2.24) is 20.1 Å². The molecule has 1 aromatic carbocycles. The van der Waals surface area contributed by atoms with Crippen molar-refractivity contribution in [2.24, 2.45) is 11.7 Å². The maximum atomic E-state index is 12.4. The van der Waals surface area contributed by atoms with Crippen LogP contribution in [0.4, 0.5) is 4.79 Å². The highest BCUT2D eigenvalue weighted by molar-refractivity contribution is 8.00. The molecule has 3 aromatic rings. The minimum atomic E-state index is -0.882. The van der Waals surface area contributed by atoms with Crippen molar-refractivity contribution >= 4 is 23.7 Å². The van der Waals surface area contributed by atoms with Crippen molar-refractivity contribution < 1.29 is 14.0 Å². The van der Waals surface area contributed by atoms with E-state index in [-0.39, 0.29) is 5.92 Å². The second-order valence-corrected chi connectivity index (χ2v) is 7.20. The van der Waals surface area contributed by atoms with E-state index in [1.165, 1.54) is 11.8 Å². The molecule has 27 heavy (non-hydrogen) atoms. The van der Waals surface area contributed by atoms with Crippen LogP contribution in [-0.2, 0) is 4.79 Å². The fraction of sp³-hybridized carbons (Fsp3) is 0.222. The van der Waals surface area contributed by atoms with Gasteiger partial charge in [0.05, 0.1) is 11.5 Å². The number of para-hydroxylation sites is 1. The summed E-state index contributed by atoms with van der Waals surface area (Å²) in [6, 6.07) is 12.2. The summed E-state index contributed by atoms with van der Waals surface area (Å²) < 4.78 is 7.29. The van der Waals surface area contributed by atoms with Crippen LogP contribution >= 0.6 is 11.8 Å². The van der Waals surface area contributed by atoms with Crippen LogP contribution in [0.15, 0.2) is 58.3 Å². The Morgan fingerprint density at radius 3 is 2.48 bits per heavy atom. The van der Waals surface area contributed by atoms with Gasteiger partial charge in [-0.1, -0.05) is 43.8 Å². The molecule has 140 valence electrons. The number of imide groups is 1. The normalized spacial score (nSPS) is 12.1. The second-order valence-electron chi connectivity index (χ2n) is 6.09. The number of aromatic nitrogens is 3. The SMILES string of the molecule is CC(C)[C@H](Sc1nnc(-c2ccco2)n1-c1ccccc1)C(=O)NC(N)=O. The first kappa shape index (κ1) is 18.7. The molecule has 3 amide bonds. The van der Waals surface area contributed by atoms with Crippen LogP contribution in [0.5, 0.6) is 0 Å². The highest BCUT2D eigenvalue weighted by Gasteiger charge is 2.28. The summed E-state index contributed by atoms with van der Waals surface area (Å²) in [6.07, 6.45) is 1.56. The summed E-state index contributed by atoms with van der Waals surface area (Å²) in [4.78, 5) is 23.4. The molecule has 0 saturated heterocycles. The van der Waals surface area contributed by atoms with Gasteiger partial charge in [-0.15, -0.1) is 10.2 Å². The molecule has 3 rings (SSSR count). The van der Waals surface area contributed by atoms with E-state index < -0.39 is 17.2 Å². The number of nitrogens with zero attached hydrogens (tertiary/aromatic N) is 3. The van der Waals surface area contributed by atoms with E-state index in [0.717, 1.165) is 5.69 Å². The summed E-state index contributed by atoms with van der Waals surface area (Å²) in [7, 11) is 0. The van der Waals surface area contributed by atoms with Crippen LogP contribution in [0.3, 0.4) is 0 Å².